The maximum Gasteiger partial charge on any atom is 0.0743 e. The van der Waals surface area contributed by atoms with Crippen molar-refractivity contribution in [3.63, 3.8) is 0 Å². The van der Waals surface area contributed by atoms with E-state index < -0.39 is 0 Å². The van der Waals surface area contributed by atoms with Crippen molar-refractivity contribution in [2.24, 2.45) is 0 Å². The summed E-state index contributed by atoms with van der Waals surface area (Å²) in [5.41, 5.74) is 2.26. The van der Waals surface area contributed by atoms with Crippen LogP contribution in [-0.2, 0) is 32.7 Å². The molecular formula is C9H10BrOY-. The third-order valence-electron chi connectivity index (χ3n) is 1.55. The first-order valence-corrected chi connectivity index (χ1v) is 4.17. The van der Waals surface area contributed by atoms with Gasteiger partial charge in [0, 0.05) is 38.5 Å². The second-order valence-corrected chi connectivity index (χ2v) is 3.25. The van der Waals surface area contributed by atoms with Crippen molar-refractivity contribution in [3.05, 3.63) is 27.7 Å². The standard InChI is InChI=1S/C9H10BrO.Y/c1-6-4-8(11-3)5-7(2)9(6)10;/h4H,1-3H3;/q-1;. The largest absolute Gasteiger partial charge is 0.523 e. The number of benzene rings is 1. The van der Waals surface area contributed by atoms with E-state index in [-0.39, 0.29) is 32.7 Å². The predicted octanol–water partition coefficient (Wildman–Crippen LogP) is 2.87. The Morgan fingerprint density at radius 2 is 2.00 bits per heavy atom. The molecule has 12 heavy (non-hydrogen) atoms. The van der Waals surface area contributed by atoms with E-state index in [0.29, 0.717) is 0 Å². The molecule has 1 aromatic rings. The average molecular weight is 303 g/mol. The second-order valence-electron chi connectivity index (χ2n) is 2.46. The van der Waals surface area contributed by atoms with Crippen molar-refractivity contribution in [2.75, 3.05) is 7.11 Å². The number of hydrogen-bond donors (Lipinski definition) is 0. The number of rotatable bonds is 1. The molecule has 0 heterocycles. The van der Waals surface area contributed by atoms with E-state index in [4.69, 9.17) is 4.74 Å². The summed E-state index contributed by atoms with van der Waals surface area (Å²) in [6.45, 7) is 4.03. The van der Waals surface area contributed by atoms with Crippen LogP contribution in [0.4, 0.5) is 0 Å². The molecule has 0 bridgehead atoms. The minimum Gasteiger partial charge on any atom is -0.523 e. The molecule has 0 N–H and O–H groups in total. The summed E-state index contributed by atoms with van der Waals surface area (Å²) in [4.78, 5) is 0. The molecule has 1 rings (SSSR count). The topological polar surface area (TPSA) is 9.23 Å². The molecule has 0 atom stereocenters. The Bertz CT molecular complexity index is 250. The molecular weight excluding hydrogens is 293 g/mol. The smallest absolute Gasteiger partial charge is 0.0743 e. The first kappa shape index (κ1) is 12.6. The summed E-state index contributed by atoms with van der Waals surface area (Å²) in [6.07, 6.45) is 0. The van der Waals surface area contributed by atoms with Gasteiger partial charge in [0.15, 0.2) is 0 Å². The number of ether oxygens (including phenoxy) is 1. The van der Waals surface area contributed by atoms with Crippen molar-refractivity contribution in [1.29, 1.82) is 0 Å². The Morgan fingerprint density at radius 3 is 2.42 bits per heavy atom. The van der Waals surface area contributed by atoms with Gasteiger partial charge in [-0.15, -0.1) is 39.2 Å². The molecule has 0 amide bonds. The van der Waals surface area contributed by atoms with Gasteiger partial charge in [0.1, 0.15) is 0 Å². The van der Waals surface area contributed by atoms with E-state index >= 15 is 0 Å². The van der Waals surface area contributed by atoms with Gasteiger partial charge in [0.25, 0.3) is 0 Å². The van der Waals surface area contributed by atoms with Crippen LogP contribution in [0.5, 0.6) is 5.75 Å². The van der Waals surface area contributed by atoms with Crippen molar-refractivity contribution >= 4 is 15.9 Å². The second kappa shape index (κ2) is 5.36. The molecule has 0 saturated carbocycles. The number of halogens is 1. The minimum absolute atomic E-state index is 0. The third-order valence-corrected chi connectivity index (χ3v) is 2.77. The summed E-state index contributed by atoms with van der Waals surface area (Å²) in [5.74, 6) is 0.795. The average Bonchev–Trinajstić information content (AvgIpc) is 1.99. The Balaban J connectivity index is 0.00000121. The van der Waals surface area contributed by atoms with E-state index in [1.807, 2.05) is 19.9 Å². The number of methoxy groups -OCH3 is 1. The molecule has 0 aliphatic rings. The van der Waals surface area contributed by atoms with Gasteiger partial charge in [0.05, 0.1) is 7.11 Å². The van der Waals surface area contributed by atoms with Gasteiger partial charge in [-0.3, -0.25) is 0 Å². The number of aryl methyl sites for hydroxylation is 2. The SMILES string of the molecule is COc1[c-]c(C)c(Br)c(C)c1.[Y]. The van der Waals surface area contributed by atoms with Gasteiger partial charge >= 0.3 is 0 Å². The van der Waals surface area contributed by atoms with Crippen molar-refractivity contribution in [3.8, 4) is 5.75 Å². The van der Waals surface area contributed by atoms with Crippen molar-refractivity contribution in [2.45, 2.75) is 13.8 Å². The van der Waals surface area contributed by atoms with Crippen LogP contribution in [0.1, 0.15) is 11.1 Å². The fourth-order valence-corrected chi connectivity index (χ4v) is 1.16. The van der Waals surface area contributed by atoms with E-state index in [0.717, 1.165) is 15.8 Å². The maximum atomic E-state index is 5.05. The monoisotopic (exact) mass is 302 g/mol. The zero-order valence-corrected chi connectivity index (χ0v) is 11.9. The van der Waals surface area contributed by atoms with Gasteiger partial charge in [0.2, 0.25) is 0 Å². The zero-order valence-electron chi connectivity index (χ0n) is 7.44. The molecule has 0 saturated heterocycles. The van der Waals surface area contributed by atoms with E-state index in [2.05, 4.69) is 22.0 Å². The first-order valence-electron chi connectivity index (χ1n) is 3.38. The maximum absolute atomic E-state index is 5.05. The molecule has 1 nitrogen and oxygen atoms in total. The normalized spacial score (nSPS) is 9.00. The zero-order chi connectivity index (χ0) is 8.43. The first-order chi connectivity index (χ1) is 5.15. The van der Waals surface area contributed by atoms with E-state index in [1.54, 1.807) is 7.11 Å². The summed E-state index contributed by atoms with van der Waals surface area (Å²) < 4.78 is 6.16. The van der Waals surface area contributed by atoms with E-state index in [9.17, 15) is 0 Å². The van der Waals surface area contributed by atoms with Crippen LogP contribution in [0, 0.1) is 19.9 Å². The van der Waals surface area contributed by atoms with Crippen LogP contribution >= 0.6 is 15.9 Å². The van der Waals surface area contributed by atoms with E-state index in [1.165, 1.54) is 5.56 Å². The molecule has 0 aliphatic heterocycles. The Kier molecular flexibility index (Phi) is 5.63. The molecule has 0 aliphatic carbocycles. The summed E-state index contributed by atoms with van der Waals surface area (Å²) in [6, 6.07) is 5.05. The minimum atomic E-state index is 0. The third kappa shape index (κ3) is 2.83. The Labute approximate surface area is 107 Å². The fraction of sp³-hybridized carbons (Fsp3) is 0.333. The van der Waals surface area contributed by atoms with Crippen LogP contribution in [0.15, 0.2) is 10.5 Å². The summed E-state index contributed by atoms with van der Waals surface area (Å²) >= 11 is 3.46. The molecule has 1 radical (unpaired) electrons. The molecule has 3 heteroatoms. The van der Waals surface area contributed by atoms with Crippen molar-refractivity contribution in [1.82, 2.24) is 0 Å². The molecule has 0 spiro atoms. The van der Waals surface area contributed by atoms with Crippen LogP contribution in [0.3, 0.4) is 0 Å². The van der Waals surface area contributed by atoms with Gasteiger partial charge in [-0.1, -0.05) is 18.3 Å². The molecule has 63 valence electrons. The molecule has 0 unspecified atom stereocenters. The molecule has 0 aromatic heterocycles. The Hall–Kier alpha value is 0.604. The van der Waals surface area contributed by atoms with Gasteiger partial charge in [-0.25, -0.2) is 0 Å². The summed E-state index contributed by atoms with van der Waals surface area (Å²) in [5, 5.41) is 0. The quantitative estimate of drug-likeness (QED) is 0.725. The predicted molar refractivity (Wildman–Crippen MR) is 49.0 cm³/mol. The fourth-order valence-electron chi connectivity index (χ4n) is 0.941. The van der Waals surface area contributed by atoms with Gasteiger partial charge < -0.3 is 4.74 Å². The molecule has 1 aromatic carbocycles. The summed E-state index contributed by atoms with van der Waals surface area (Å²) in [7, 11) is 1.65. The van der Waals surface area contributed by atoms with Crippen LogP contribution < -0.4 is 4.74 Å². The van der Waals surface area contributed by atoms with Gasteiger partial charge in [-0.05, 0) is 0 Å². The Morgan fingerprint density at radius 1 is 1.42 bits per heavy atom. The van der Waals surface area contributed by atoms with Gasteiger partial charge in [-0.2, -0.15) is 0 Å². The molecule has 0 fully saturated rings. The van der Waals surface area contributed by atoms with Crippen molar-refractivity contribution < 1.29 is 37.4 Å². The van der Waals surface area contributed by atoms with Crippen LogP contribution in [0.2, 0.25) is 0 Å². The number of hydrogen-bond acceptors (Lipinski definition) is 1. The van der Waals surface area contributed by atoms with Crippen LogP contribution in [-0.4, -0.2) is 7.11 Å². The van der Waals surface area contributed by atoms with Crippen LogP contribution in [0.25, 0.3) is 0 Å².